The highest BCUT2D eigenvalue weighted by Gasteiger charge is 2.61. The number of esters is 1. The molecule has 0 bridgehead atoms. The summed E-state index contributed by atoms with van der Waals surface area (Å²) in [7, 11) is 0. The predicted octanol–water partition coefficient (Wildman–Crippen LogP) is 4.73. The third kappa shape index (κ3) is 5.58. The van der Waals surface area contributed by atoms with Gasteiger partial charge in [0.25, 0.3) is 5.91 Å². The summed E-state index contributed by atoms with van der Waals surface area (Å²) in [5, 5.41) is 2.96. The fourth-order valence-electron chi connectivity index (χ4n) is 3.42. The molecule has 1 saturated carbocycles. The zero-order valence-corrected chi connectivity index (χ0v) is 16.6. The van der Waals surface area contributed by atoms with Crippen molar-refractivity contribution in [3.05, 3.63) is 35.9 Å². The molecule has 2 rings (SSSR count). The number of carbonyl (C=O) groups is 2. The van der Waals surface area contributed by atoms with Crippen molar-refractivity contribution in [3.63, 3.8) is 0 Å². The molecule has 0 heterocycles. The maximum absolute atomic E-state index is 12.8. The molecule has 0 saturated heterocycles. The van der Waals surface area contributed by atoms with Crippen molar-refractivity contribution >= 4 is 11.9 Å². The van der Waals surface area contributed by atoms with Gasteiger partial charge in [-0.1, -0.05) is 50.8 Å². The highest BCUT2D eigenvalue weighted by Crippen LogP contribution is 2.56. The van der Waals surface area contributed by atoms with Crippen molar-refractivity contribution in [2.45, 2.75) is 71.8 Å². The second kappa shape index (κ2) is 8.70. The zero-order valence-electron chi connectivity index (χ0n) is 16.6. The Morgan fingerprint density at radius 3 is 2.46 bits per heavy atom. The van der Waals surface area contributed by atoms with Gasteiger partial charge in [0.2, 0.25) is 0 Å². The molecule has 1 amide bonds. The van der Waals surface area contributed by atoms with E-state index in [2.05, 4.69) is 12.2 Å². The highest BCUT2D eigenvalue weighted by molar-refractivity contribution is 5.94. The monoisotopic (exact) mass is 359 g/mol. The average Bonchev–Trinajstić information content (AvgIpc) is 3.31. The normalized spacial score (nSPS) is 21.9. The largest absolute Gasteiger partial charge is 0.459 e. The maximum Gasteiger partial charge on any atom is 0.314 e. The molecule has 0 aliphatic heterocycles. The molecule has 0 spiro atoms. The summed E-state index contributed by atoms with van der Waals surface area (Å²) in [4.78, 5) is 25.2. The first-order valence-corrected chi connectivity index (χ1v) is 9.85. The van der Waals surface area contributed by atoms with Crippen LogP contribution in [-0.2, 0) is 9.53 Å². The molecule has 2 atom stereocenters. The van der Waals surface area contributed by atoms with E-state index in [1.807, 2.05) is 39.0 Å². The van der Waals surface area contributed by atoms with Crippen LogP contribution in [0.5, 0.6) is 0 Å². The van der Waals surface area contributed by atoms with Gasteiger partial charge in [-0.3, -0.25) is 9.59 Å². The standard InChI is InChI=1S/C22H33NO3/c1-5-6-7-11-14-18-15-22(18,20(25)26-21(2,3)4)16-23-19(24)17-12-9-8-10-13-17/h8-10,12-13,18H,5-7,11,14-16H2,1-4H3,(H,23,24). The number of ether oxygens (including phenoxy) is 1. The molecular weight excluding hydrogens is 326 g/mol. The van der Waals surface area contributed by atoms with E-state index in [0.29, 0.717) is 18.0 Å². The van der Waals surface area contributed by atoms with Gasteiger partial charge in [0, 0.05) is 12.1 Å². The summed E-state index contributed by atoms with van der Waals surface area (Å²) in [5.74, 6) is 0.00861. The van der Waals surface area contributed by atoms with Gasteiger partial charge in [-0.05, 0) is 51.7 Å². The Morgan fingerprint density at radius 2 is 1.85 bits per heavy atom. The van der Waals surface area contributed by atoms with Gasteiger partial charge in [-0.2, -0.15) is 0 Å². The van der Waals surface area contributed by atoms with Gasteiger partial charge < -0.3 is 10.1 Å². The molecule has 1 aliphatic carbocycles. The number of hydrogen-bond acceptors (Lipinski definition) is 3. The molecule has 4 heteroatoms. The molecule has 1 aromatic carbocycles. The molecule has 26 heavy (non-hydrogen) atoms. The van der Waals surface area contributed by atoms with Crippen LogP contribution in [0.15, 0.2) is 30.3 Å². The number of nitrogens with one attached hydrogen (secondary N) is 1. The Bertz CT molecular complexity index is 606. The lowest BCUT2D eigenvalue weighted by Crippen LogP contribution is -2.39. The topological polar surface area (TPSA) is 55.4 Å². The number of unbranched alkanes of at least 4 members (excludes halogenated alkanes) is 3. The van der Waals surface area contributed by atoms with E-state index >= 15 is 0 Å². The van der Waals surface area contributed by atoms with Gasteiger partial charge in [0.1, 0.15) is 5.60 Å². The van der Waals surface area contributed by atoms with Crippen molar-refractivity contribution in [3.8, 4) is 0 Å². The highest BCUT2D eigenvalue weighted by atomic mass is 16.6. The molecular formula is C22H33NO3. The first-order valence-electron chi connectivity index (χ1n) is 9.85. The van der Waals surface area contributed by atoms with Crippen LogP contribution in [-0.4, -0.2) is 24.0 Å². The van der Waals surface area contributed by atoms with Crippen molar-refractivity contribution in [2.75, 3.05) is 6.54 Å². The molecule has 1 aromatic rings. The van der Waals surface area contributed by atoms with E-state index in [0.717, 1.165) is 19.3 Å². The van der Waals surface area contributed by atoms with Crippen LogP contribution in [0.3, 0.4) is 0 Å². The van der Waals surface area contributed by atoms with Crippen molar-refractivity contribution in [2.24, 2.45) is 11.3 Å². The van der Waals surface area contributed by atoms with Crippen molar-refractivity contribution in [1.29, 1.82) is 0 Å². The molecule has 0 radical (unpaired) electrons. The second-order valence-corrected chi connectivity index (χ2v) is 8.46. The van der Waals surface area contributed by atoms with Gasteiger partial charge in [0.15, 0.2) is 0 Å². The van der Waals surface area contributed by atoms with E-state index in [1.165, 1.54) is 19.3 Å². The van der Waals surface area contributed by atoms with Crippen LogP contribution in [0.2, 0.25) is 0 Å². The summed E-state index contributed by atoms with van der Waals surface area (Å²) < 4.78 is 5.67. The third-order valence-electron chi connectivity index (χ3n) is 5.04. The van der Waals surface area contributed by atoms with Crippen molar-refractivity contribution in [1.82, 2.24) is 5.32 Å². The Balaban J connectivity index is 1.98. The molecule has 0 aromatic heterocycles. The average molecular weight is 360 g/mol. The summed E-state index contributed by atoms with van der Waals surface area (Å²) in [6, 6.07) is 9.12. The summed E-state index contributed by atoms with van der Waals surface area (Å²) >= 11 is 0. The van der Waals surface area contributed by atoms with Crippen LogP contribution in [0.25, 0.3) is 0 Å². The minimum absolute atomic E-state index is 0.134. The van der Waals surface area contributed by atoms with Gasteiger partial charge in [0.05, 0.1) is 5.41 Å². The Kier molecular flexibility index (Phi) is 6.85. The molecule has 1 fully saturated rings. The van der Waals surface area contributed by atoms with Gasteiger partial charge in [-0.25, -0.2) is 0 Å². The van der Waals surface area contributed by atoms with E-state index in [9.17, 15) is 9.59 Å². The predicted molar refractivity (Wildman–Crippen MR) is 104 cm³/mol. The third-order valence-corrected chi connectivity index (χ3v) is 5.04. The SMILES string of the molecule is CCCCCCC1CC1(CNC(=O)c1ccccc1)C(=O)OC(C)(C)C. The number of amides is 1. The molecule has 1 aliphatic rings. The summed E-state index contributed by atoms with van der Waals surface area (Å²) in [5.41, 5.74) is -0.445. The molecule has 144 valence electrons. The van der Waals surface area contributed by atoms with E-state index in [1.54, 1.807) is 12.1 Å². The van der Waals surface area contributed by atoms with Crippen LogP contribution in [0.1, 0.15) is 76.6 Å². The smallest absolute Gasteiger partial charge is 0.314 e. The maximum atomic E-state index is 12.8. The van der Waals surface area contributed by atoms with Crippen molar-refractivity contribution < 1.29 is 14.3 Å². The first kappa shape index (κ1) is 20.5. The van der Waals surface area contributed by atoms with Crippen LogP contribution >= 0.6 is 0 Å². The molecule has 4 nitrogen and oxygen atoms in total. The zero-order chi connectivity index (χ0) is 19.2. The van der Waals surface area contributed by atoms with E-state index in [-0.39, 0.29) is 11.9 Å². The molecule has 2 unspecified atom stereocenters. The first-order chi connectivity index (χ1) is 12.3. The minimum Gasteiger partial charge on any atom is -0.459 e. The van der Waals surface area contributed by atoms with Gasteiger partial charge >= 0.3 is 5.97 Å². The van der Waals surface area contributed by atoms with Crippen LogP contribution in [0.4, 0.5) is 0 Å². The summed E-state index contributed by atoms with van der Waals surface area (Å²) in [6.07, 6.45) is 6.61. The number of benzene rings is 1. The minimum atomic E-state index is -0.552. The van der Waals surface area contributed by atoms with Gasteiger partial charge in [-0.15, -0.1) is 0 Å². The lowest BCUT2D eigenvalue weighted by molar-refractivity contribution is -0.162. The second-order valence-electron chi connectivity index (χ2n) is 8.46. The quantitative estimate of drug-likeness (QED) is 0.512. The van der Waals surface area contributed by atoms with E-state index < -0.39 is 11.0 Å². The number of carbonyl (C=O) groups excluding carboxylic acids is 2. The lowest BCUT2D eigenvalue weighted by atomic mass is 9.99. The van der Waals surface area contributed by atoms with Crippen LogP contribution in [0, 0.1) is 11.3 Å². The fourth-order valence-corrected chi connectivity index (χ4v) is 3.42. The Hall–Kier alpha value is -1.84. The van der Waals surface area contributed by atoms with E-state index in [4.69, 9.17) is 4.74 Å². The Morgan fingerprint density at radius 1 is 1.15 bits per heavy atom. The van der Waals surface area contributed by atoms with Crippen LogP contribution < -0.4 is 5.32 Å². The fraction of sp³-hybridized carbons (Fsp3) is 0.636. The molecule has 1 N–H and O–H groups in total. The number of rotatable bonds is 9. The summed E-state index contributed by atoms with van der Waals surface area (Å²) in [6.45, 7) is 8.22. The lowest BCUT2D eigenvalue weighted by Gasteiger charge is -2.25. The Labute approximate surface area is 157 Å². The number of hydrogen-bond donors (Lipinski definition) is 1.